The molecule has 1 aromatic carbocycles. The molecule has 1 aliphatic carbocycles. The molecule has 1 aliphatic rings. The van der Waals surface area contributed by atoms with E-state index in [0.717, 1.165) is 23.3 Å². The predicted octanol–water partition coefficient (Wildman–Crippen LogP) is 5.41. The summed E-state index contributed by atoms with van der Waals surface area (Å²) in [6.07, 6.45) is 8.99. The maximum absolute atomic E-state index is 13.8. The average molecular weight is 368 g/mol. The summed E-state index contributed by atoms with van der Waals surface area (Å²) >= 11 is 7.56. The van der Waals surface area contributed by atoms with Crippen LogP contribution in [0.15, 0.2) is 23.4 Å². The van der Waals surface area contributed by atoms with Crippen molar-refractivity contribution in [3.63, 3.8) is 0 Å². The highest BCUT2D eigenvalue weighted by molar-refractivity contribution is 7.98. The summed E-state index contributed by atoms with van der Waals surface area (Å²) in [5, 5.41) is 9.86. The Morgan fingerprint density at radius 1 is 1.25 bits per heavy atom. The third kappa shape index (κ3) is 4.31. The van der Waals surface area contributed by atoms with Crippen molar-refractivity contribution >= 4 is 23.4 Å². The molecular weight excluding hydrogens is 345 g/mol. The first-order valence-electron chi connectivity index (χ1n) is 8.59. The number of aryl methyl sites for hydroxylation is 1. The number of halogens is 2. The molecule has 3 rings (SSSR count). The molecule has 1 aromatic heterocycles. The fourth-order valence-electron chi connectivity index (χ4n) is 3.30. The van der Waals surface area contributed by atoms with Crippen molar-refractivity contribution in [3.05, 3.63) is 40.4 Å². The molecule has 1 saturated carbocycles. The second-order valence-electron chi connectivity index (χ2n) is 6.49. The monoisotopic (exact) mass is 367 g/mol. The van der Waals surface area contributed by atoms with Gasteiger partial charge >= 0.3 is 0 Å². The molecule has 1 fully saturated rings. The van der Waals surface area contributed by atoms with Crippen molar-refractivity contribution in [2.45, 2.75) is 55.9 Å². The van der Waals surface area contributed by atoms with Crippen molar-refractivity contribution in [1.29, 1.82) is 0 Å². The number of nitrogens with zero attached hydrogens (tertiary/aromatic N) is 3. The summed E-state index contributed by atoms with van der Waals surface area (Å²) in [5.41, 5.74) is 0.524. The highest BCUT2D eigenvalue weighted by atomic mass is 35.5. The molecule has 0 spiro atoms. The smallest absolute Gasteiger partial charge is 0.191 e. The second kappa shape index (κ2) is 8.34. The fraction of sp³-hybridized carbons (Fsp3) is 0.556. The summed E-state index contributed by atoms with van der Waals surface area (Å²) < 4.78 is 15.9. The highest BCUT2D eigenvalue weighted by Crippen LogP contribution is 2.29. The van der Waals surface area contributed by atoms with Crippen molar-refractivity contribution in [3.8, 4) is 0 Å². The van der Waals surface area contributed by atoms with E-state index in [1.54, 1.807) is 12.1 Å². The Morgan fingerprint density at radius 3 is 2.79 bits per heavy atom. The van der Waals surface area contributed by atoms with Gasteiger partial charge in [0.05, 0.1) is 0 Å². The van der Waals surface area contributed by atoms with E-state index in [0.29, 0.717) is 16.3 Å². The van der Waals surface area contributed by atoms with Crippen LogP contribution in [-0.4, -0.2) is 14.8 Å². The number of aromatic nitrogens is 3. The summed E-state index contributed by atoms with van der Waals surface area (Å²) in [7, 11) is 1.99. The minimum Gasteiger partial charge on any atom is -0.309 e. The number of rotatable bonds is 6. The van der Waals surface area contributed by atoms with Crippen molar-refractivity contribution in [1.82, 2.24) is 14.8 Å². The molecule has 24 heavy (non-hydrogen) atoms. The van der Waals surface area contributed by atoms with Crippen LogP contribution in [0.25, 0.3) is 0 Å². The molecule has 130 valence electrons. The van der Waals surface area contributed by atoms with Gasteiger partial charge in [-0.15, -0.1) is 10.2 Å². The van der Waals surface area contributed by atoms with E-state index < -0.39 is 0 Å². The summed E-state index contributed by atoms with van der Waals surface area (Å²) in [6, 6.07) is 4.78. The van der Waals surface area contributed by atoms with Gasteiger partial charge in [-0.3, -0.25) is 0 Å². The Balaban J connectivity index is 1.58. The van der Waals surface area contributed by atoms with Crippen LogP contribution in [0.2, 0.25) is 5.02 Å². The normalized spacial score (nSPS) is 15.8. The largest absolute Gasteiger partial charge is 0.309 e. The lowest BCUT2D eigenvalue weighted by Crippen LogP contribution is -2.09. The Labute approximate surface area is 152 Å². The second-order valence-corrected chi connectivity index (χ2v) is 7.84. The molecule has 0 bridgehead atoms. The third-order valence-corrected chi connectivity index (χ3v) is 6.23. The molecule has 0 N–H and O–H groups in total. The molecule has 0 unspecified atom stereocenters. The first-order valence-corrected chi connectivity index (χ1v) is 9.95. The van der Waals surface area contributed by atoms with Crippen molar-refractivity contribution in [2.75, 3.05) is 0 Å². The number of thioether (sulfide) groups is 1. The van der Waals surface area contributed by atoms with Crippen LogP contribution in [0, 0.1) is 11.7 Å². The zero-order chi connectivity index (χ0) is 16.9. The first-order chi connectivity index (χ1) is 11.6. The average Bonchev–Trinajstić information content (AvgIpc) is 2.94. The molecular formula is C18H23ClFN3S. The topological polar surface area (TPSA) is 30.7 Å². The Bertz CT molecular complexity index is 663. The quantitative estimate of drug-likeness (QED) is 0.639. The zero-order valence-corrected chi connectivity index (χ0v) is 15.5. The molecule has 1 heterocycles. The number of hydrogen-bond acceptors (Lipinski definition) is 3. The Kier molecular flexibility index (Phi) is 6.17. The maximum atomic E-state index is 13.8. The van der Waals surface area contributed by atoms with Gasteiger partial charge in [-0.05, 0) is 24.5 Å². The summed E-state index contributed by atoms with van der Waals surface area (Å²) in [5.74, 6) is 2.04. The fourth-order valence-corrected chi connectivity index (χ4v) is 4.58. The van der Waals surface area contributed by atoms with Gasteiger partial charge in [0.2, 0.25) is 0 Å². The van der Waals surface area contributed by atoms with Crippen molar-refractivity contribution < 1.29 is 4.39 Å². The Hall–Kier alpha value is -1.07. The molecule has 0 saturated heterocycles. The summed E-state index contributed by atoms with van der Waals surface area (Å²) in [4.78, 5) is 0. The number of hydrogen-bond donors (Lipinski definition) is 0. The molecule has 2 aromatic rings. The molecule has 6 heteroatoms. The molecule has 3 nitrogen and oxygen atoms in total. The van der Waals surface area contributed by atoms with Crippen LogP contribution >= 0.6 is 23.4 Å². The van der Waals surface area contributed by atoms with Gasteiger partial charge in [0.25, 0.3) is 0 Å². The van der Waals surface area contributed by atoms with Crippen LogP contribution in [0.3, 0.4) is 0 Å². The summed E-state index contributed by atoms with van der Waals surface area (Å²) in [6.45, 7) is 0. The molecule has 0 aliphatic heterocycles. The van der Waals surface area contributed by atoms with Crippen LogP contribution in [0.4, 0.5) is 4.39 Å². The zero-order valence-electron chi connectivity index (χ0n) is 14.0. The van der Waals surface area contributed by atoms with Gasteiger partial charge in [-0.1, -0.05) is 61.5 Å². The van der Waals surface area contributed by atoms with Gasteiger partial charge in [0.15, 0.2) is 5.16 Å². The van der Waals surface area contributed by atoms with Crippen LogP contribution in [-0.2, 0) is 19.2 Å². The molecule has 0 radical (unpaired) electrons. The van der Waals surface area contributed by atoms with E-state index in [1.165, 1.54) is 56.4 Å². The van der Waals surface area contributed by atoms with Crippen LogP contribution in [0.5, 0.6) is 0 Å². The predicted molar refractivity (Wildman–Crippen MR) is 96.9 cm³/mol. The minimum absolute atomic E-state index is 0.269. The lowest BCUT2D eigenvalue weighted by Gasteiger charge is -2.20. The number of benzene rings is 1. The van der Waals surface area contributed by atoms with E-state index in [4.69, 9.17) is 11.6 Å². The maximum Gasteiger partial charge on any atom is 0.191 e. The minimum atomic E-state index is -0.269. The van der Waals surface area contributed by atoms with E-state index in [-0.39, 0.29) is 5.82 Å². The van der Waals surface area contributed by atoms with Gasteiger partial charge in [0.1, 0.15) is 11.6 Å². The van der Waals surface area contributed by atoms with Gasteiger partial charge in [-0.2, -0.15) is 0 Å². The van der Waals surface area contributed by atoms with Gasteiger partial charge < -0.3 is 4.57 Å². The standard InChI is InChI=1S/C18H23ClFN3S/c1-23-17(11-10-13-6-3-2-4-7-13)21-22-18(23)24-12-14-15(19)8-5-9-16(14)20/h5,8-9,13H,2-4,6-7,10-12H2,1H3. The van der Waals surface area contributed by atoms with Gasteiger partial charge in [0, 0.05) is 29.8 Å². The molecule has 0 amide bonds. The molecule has 0 atom stereocenters. The van der Waals surface area contributed by atoms with E-state index in [1.807, 2.05) is 11.6 Å². The van der Waals surface area contributed by atoms with Gasteiger partial charge in [-0.25, -0.2) is 4.39 Å². The van der Waals surface area contributed by atoms with Crippen LogP contribution < -0.4 is 0 Å². The first kappa shape index (κ1) is 17.7. The van der Waals surface area contributed by atoms with E-state index in [2.05, 4.69) is 10.2 Å². The highest BCUT2D eigenvalue weighted by Gasteiger charge is 2.16. The van der Waals surface area contributed by atoms with Crippen LogP contribution in [0.1, 0.15) is 49.9 Å². The van der Waals surface area contributed by atoms with E-state index >= 15 is 0 Å². The SMILES string of the molecule is Cn1c(CCC2CCCCC2)nnc1SCc1c(F)cccc1Cl. The third-order valence-electron chi connectivity index (χ3n) is 4.83. The van der Waals surface area contributed by atoms with E-state index in [9.17, 15) is 4.39 Å². The van der Waals surface area contributed by atoms with Crippen molar-refractivity contribution in [2.24, 2.45) is 13.0 Å². The lowest BCUT2D eigenvalue weighted by molar-refractivity contribution is 0.336. The Morgan fingerprint density at radius 2 is 2.04 bits per heavy atom. The lowest BCUT2D eigenvalue weighted by atomic mass is 9.86.